The Morgan fingerprint density at radius 3 is 2.94 bits per heavy atom. The number of aromatic nitrogens is 1. The molecule has 0 spiro atoms. The molecule has 0 bridgehead atoms. The summed E-state index contributed by atoms with van der Waals surface area (Å²) in [6.45, 7) is 3.77. The third-order valence-electron chi connectivity index (χ3n) is 2.31. The monoisotopic (exact) mass is 263 g/mol. The van der Waals surface area contributed by atoms with E-state index in [1.807, 2.05) is 18.4 Å². The fourth-order valence-electron chi connectivity index (χ4n) is 1.48. The van der Waals surface area contributed by atoms with Gasteiger partial charge in [0.05, 0.1) is 16.3 Å². The molecule has 0 saturated heterocycles. The Balaban J connectivity index is 1.71. The largest absolute Gasteiger partial charge is 0.311 e. The van der Waals surface area contributed by atoms with E-state index in [2.05, 4.69) is 21.8 Å². The number of aryl methyl sites for hydroxylation is 1. The van der Waals surface area contributed by atoms with Crippen LogP contribution in [0, 0.1) is 18.3 Å². The Hall–Kier alpha value is -1.22. The van der Waals surface area contributed by atoms with Gasteiger partial charge in [0.25, 0.3) is 0 Å². The summed E-state index contributed by atoms with van der Waals surface area (Å²) in [6, 6.07) is 4.08. The van der Waals surface area contributed by atoms with Gasteiger partial charge in [-0.2, -0.15) is 5.26 Å². The average molecular weight is 263 g/mol. The molecule has 3 nitrogen and oxygen atoms in total. The topological polar surface area (TPSA) is 48.7 Å². The number of nitrogens with one attached hydrogen (secondary N) is 1. The van der Waals surface area contributed by atoms with Crippen LogP contribution >= 0.6 is 22.7 Å². The molecule has 0 amide bonds. The molecule has 88 valence electrons. The highest BCUT2D eigenvalue weighted by molar-refractivity contribution is 7.10. The molecular formula is C12H13N3S2. The van der Waals surface area contributed by atoms with Gasteiger partial charge in [-0.05, 0) is 13.0 Å². The Bertz CT molecular complexity index is 522. The van der Waals surface area contributed by atoms with Gasteiger partial charge in [-0.1, -0.05) is 0 Å². The Kier molecular flexibility index (Phi) is 4.26. The van der Waals surface area contributed by atoms with Crippen molar-refractivity contribution < 1.29 is 0 Å². The molecule has 0 aliphatic heterocycles. The van der Waals surface area contributed by atoms with Crippen LogP contribution in [0.5, 0.6) is 0 Å². The van der Waals surface area contributed by atoms with Gasteiger partial charge in [-0.3, -0.25) is 0 Å². The number of thiazole rings is 1. The molecule has 2 aromatic heterocycles. The van der Waals surface area contributed by atoms with Gasteiger partial charge in [0.2, 0.25) is 0 Å². The van der Waals surface area contributed by atoms with Crippen LogP contribution in [0.2, 0.25) is 0 Å². The van der Waals surface area contributed by atoms with Crippen LogP contribution in [0.1, 0.15) is 21.1 Å². The molecule has 0 unspecified atom stereocenters. The fourth-order valence-corrected chi connectivity index (χ4v) is 2.91. The molecule has 2 heterocycles. The maximum Gasteiger partial charge on any atom is 0.100 e. The summed E-state index contributed by atoms with van der Waals surface area (Å²) in [7, 11) is 0. The Morgan fingerprint density at radius 1 is 1.41 bits per heavy atom. The second-order valence-electron chi connectivity index (χ2n) is 3.70. The maximum absolute atomic E-state index is 8.70. The van der Waals surface area contributed by atoms with Gasteiger partial charge in [-0.25, -0.2) is 4.98 Å². The second kappa shape index (κ2) is 5.92. The molecule has 1 N–H and O–H groups in total. The molecule has 17 heavy (non-hydrogen) atoms. The Labute approximate surface area is 109 Å². The van der Waals surface area contributed by atoms with Gasteiger partial charge in [-0.15, -0.1) is 22.7 Å². The van der Waals surface area contributed by atoms with E-state index in [1.54, 1.807) is 22.7 Å². The highest BCUT2D eigenvalue weighted by atomic mass is 32.1. The van der Waals surface area contributed by atoms with Crippen LogP contribution in [-0.4, -0.2) is 11.5 Å². The van der Waals surface area contributed by atoms with Crippen molar-refractivity contribution >= 4 is 22.7 Å². The zero-order chi connectivity index (χ0) is 12.1. The van der Waals surface area contributed by atoms with E-state index in [-0.39, 0.29) is 0 Å². The first kappa shape index (κ1) is 12.2. The summed E-state index contributed by atoms with van der Waals surface area (Å²) < 4.78 is 0. The molecule has 0 aliphatic carbocycles. The van der Waals surface area contributed by atoms with Crippen LogP contribution in [0.4, 0.5) is 0 Å². The van der Waals surface area contributed by atoms with Crippen molar-refractivity contribution in [2.24, 2.45) is 0 Å². The fraction of sp³-hybridized carbons (Fsp3) is 0.333. The minimum absolute atomic E-state index is 0.752. The van der Waals surface area contributed by atoms with Crippen LogP contribution in [0.25, 0.3) is 0 Å². The first-order valence-electron chi connectivity index (χ1n) is 5.37. The number of nitrogens with zero attached hydrogens (tertiary/aromatic N) is 2. The SMILES string of the molecule is Cc1nc(CCNCc2cc(C#N)cs2)cs1. The normalized spacial score (nSPS) is 10.4. The molecule has 0 aliphatic rings. The van der Waals surface area contributed by atoms with Crippen LogP contribution < -0.4 is 5.32 Å². The predicted octanol–water partition coefficient (Wildman–Crippen LogP) is 2.72. The van der Waals surface area contributed by atoms with E-state index in [1.165, 1.54) is 4.88 Å². The zero-order valence-corrected chi connectivity index (χ0v) is 11.2. The standard InChI is InChI=1S/C12H13N3S2/c1-9-15-11(8-16-9)2-3-14-6-12-4-10(5-13)7-17-12/h4,7-8,14H,2-3,6H2,1H3. The molecule has 2 rings (SSSR count). The summed E-state index contributed by atoms with van der Waals surface area (Å²) in [5.74, 6) is 0. The van der Waals surface area contributed by atoms with Gasteiger partial charge in [0, 0.05) is 35.1 Å². The van der Waals surface area contributed by atoms with Crippen LogP contribution in [0.3, 0.4) is 0 Å². The molecule has 0 atom stereocenters. The van der Waals surface area contributed by atoms with Gasteiger partial charge < -0.3 is 5.32 Å². The Morgan fingerprint density at radius 2 is 2.29 bits per heavy atom. The quantitative estimate of drug-likeness (QED) is 0.844. The van der Waals surface area contributed by atoms with E-state index in [0.29, 0.717) is 0 Å². The zero-order valence-electron chi connectivity index (χ0n) is 9.56. The van der Waals surface area contributed by atoms with Gasteiger partial charge in [0.1, 0.15) is 6.07 Å². The highest BCUT2D eigenvalue weighted by Gasteiger charge is 2.00. The lowest BCUT2D eigenvalue weighted by molar-refractivity contribution is 0.687. The van der Waals surface area contributed by atoms with Crippen LogP contribution in [-0.2, 0) is 13.0 Å². The van der Waals surface area contributed by atoms with Crippen molar-refractivity contribution in [3.63, 3.8) is 0 Å². The first-order chi connectivity index (χ1) is 8.28. The highest BCUT2D eigenvalue weighted by Crippen LogP contribution is 2.13. The van der Waals surface area contributed by atoms with Gasteiger partial charge in [0.15, 0.2) is 0 Å². The molecule has 0 radical (unpaired) electrons. The number of rotatable bonds is 5. The number of nitriles is 1. The van der Waals surface area contributed by atoms with Crippen molar-refractivity contribution in [2.45, 2.75) is 19.9 Å². The lowest BCUT2D eigenvalue weighted by Crippen LogP contribution is -2.16. The van der Waals surface area contributed by atoms with E-state index in [4.69, 9.17) is 5.26 Å². The molecule has 0 saturated carbocycles. The third-order valence-corrected chi connectivity index (χ3v) is 4.07. The summed E-state index contributed by atoms with van der Waals surface area (Å²) in [4.78, 5) is 5.62. The van der Waals surface area contributed by atoms with Crippen molar-refractivity contribution in [1.82, 2.24) is 10.3 Å². The summed E-state index contributed by atoms with van der Waals surface area (Å²) >= 11 is 3.32. The molecule has 0 fully saturated rings. The summed E-state index contributed by atoms with van der Waals surface area (Å²) in [5, 5.41) is 17.2. The molecule has 2 aromatic rings. The first-order valence-corrected chi connectivity index (χ1v) is 7.13. The summed E-state index contributed by atoms with van der Waals surface area (Å²) in [5.41, 5.74) is 1.91. The minimum atomic E-state index is 0.752. The lowest BCUT2D eigenvalue weighted by atomic mass is 10.3. The number of hydrogen-bond donors (Lipinski definition) is 1. The number of hydrogen-bond acceptors (Lipinski definition) is 5. The minimum Gasteiger partial charge on any atom is -0.311 e. The van der Waals surface area contributed by atoms with Crippen LogP contribution in [0.15, 0.2) is 16.8 Å². The lowest BCUT2D eigenvalue weighted by Gasteiger charge is -2.00. The van der Waals surface area contributed by atoms with E-state index < -0.39 is 0 Å². The maximum atomic E-state index is 8.70. The van der Waals surface area contributed by atoms with Crippen molar-refractivity contribution in [1.29, 1.82) is 5.26 Å². The van der Waals surface area contributed by atoms with E-state index in [0.717, 1.165) is 35.8 Å². The van der Waals surface area contributed by atoms with Crippen molar-refractivity contribution in [3.05, 3.63) is 38.0 Å². The van der Waals surface area contributed by atoms with Crippen molar-refractivity contribution in [2.75, 3.05) is 6.54 Å². The smallest absolute Gasteiger partial charge is 0.100 e. The molecule has 0 aromatic carbocycles. The third kappa shape index (κ3) is 3.63. The molecule has 5 heteroatoms. The predicted molar refractivity (Wildman–Crippen MR) is 71.3 cm³/mol. The average Bonchev–Trinajstić information content (AvgIpc) is 2.93. The van der Waals surface area contributed by atoms with Gasteiger partial charge >= 0.3 is 0 Å². The number of thiophene rings is 1. The summed E-state index contributed by atoms with van der Waals surface area (Å²) in [6.07, 6.45) is 0.959. The second-order valence-corrected chi connectivity index (χ2v) is 5.76. The van der Waals surface area contributed by atoms with Crippen molar-refractivity contribution in [3.8, 4) is 6.07 Å². The van der Waals surface area contributed by atoms with E-state index in [9.17, 15) is 0 Å². The molecular weight excluding hydrogens is 250 g/mol. The van der Waals surface area contributed by atoms with E-state index >= 15 is 0 Å².